The first kappa shape index (κ1) is 12.2. The van der Waals surface area contributed by atoms with Gasteiger partial charge in [0, 0.05) is 25.9 Å². The minimum Gasteiger partial charge on any atom is -0.352 e. The number of rotatable bonds is 6. The molecule has 0 aromatic heterocycles. The second-order valence-electron chi connectivity index (χ2n) is 2.67. The van der Waals surface area contributed by atoms with E-state index in [1.807, 2.05) is 0 Å². The van der Waals surface area contributed by atoms with Crippen molar-refractivity contribution in [3.05, 3.63) is 0 Å². The highest BCUT2D eigenvalue weighted by atomic mass is 32.2. The second kappa shape index (κ2) is 5.76. The molecule has 0 saturated carbocycles. The Morgan fingerprint density at radius 3 is 2.38 bits per heavy atom. The highest BCUT2D eigenvalue weighted by Gasteiger charge is 1.99. The van der Waals surface area contributed by atoms with Crippen molar-refractivity contribution in [1.82, 2.24) is 10.6 Å². The molecule has 0 fully saturated rings. The van der Waals surface area contributed by atoms with Gasteiger partial charge in [0.25, 0.3) is 0 Å². The SMILES string of the molecule is CS(=O)(=O)CCNCCNC(N)=O. The van der Waals surface area contributed by atoms with Crippen LogP contribution >= 0.6 is 0 Å². The number of nitrogens with one attached hydrogen (secondary N) is 2. The highest BCUT2D eigenvalue weighted by Crippen LogP contribution is 1.78. The third-order valence-corrected chi connectivity index (χ3v) is 2.20. The van der Waals surface area contributed by atoms with Gasteiger partial charge in [0.2, 0.25) is 0 Å². The highest BCUT2D eigenvalue weighted by molar-refractivity contribution is 7.90. The van der Waals surface area contributed by atoms with Crippen LogP contribution in [-0.2, 0) is 9.84 Å². The van der Waals surface area contributed by atoms with E-state index in [-0.39, 0.29) is 5.75 Å². The van der Waals surface area contributed by atoms with Crippen LogP contribution in [0.15, 0.2) is 0 Å². The Balaban J connectivity index is 3.23. The number of hydrogen-bond donors (Lipinski definition) is 3. The van der Waals surface area contributed by atoms with E-state index >= 15 is 0 Å². The Morgan fingerprint density at radius 2 is 1.92 bits per heavy atom. The van der Waals surface area contributed by atoms with E-state index in [0.717, 1.165) is 0 Å². The monoisotopic (exact) mass is 209 g/mol. The molecular weight excluding hydrogens is 194 g/mol. The van der Waals surface area contributed by atoms with Crippen LogP contribution in [0.3, 0.4) is 0 Å². The van der Waals surface area contributed by atoms with E-state index in [0.29, 0.717) is 19.6 Å². The van der Waals surface area contributed by atoms with E-state index in [2.05, 4.69) is 10.6 Å². The van der Waals surface area contributed by atoms with E-state index in [1.54, 1.807) is 0 Å². The summed E-state index contributed by atoms with van der Waals surface area (Å²) in [6.45, 7) is 1.30. The molecule has 0 bridgehead atoms. The van der Waals surface area contributed by atoms with E-state index in [9.17, 15) is 13.2 Å². The van der Waals surface area contributed by atoms with Crippen LogP contribution in [0.5, 0.6) is 0 Å². The Kier molecular flexibility index (Phi) is 5.40. The summed E-state index contributed by atoms with van der Waals surface area (Å²) < 4.78 is 21.3. The van der Waals surface area contributed by atoms with Crippen molar-refractivity contribution in [3.63, 3.8) is 0 Å². The lowest BCUT2D eigenvalue weighted by molar-refractivity contribution is 0.249. The van der Waals surface area contributed by atoms with Gasteiger partial charge in [-0.05, 0) is 0 Å². The lowest BCUT2D eigenvalue weighted by Gasteiger charge is -2.03. The van der Waals surface area contributed by atoms with Gasteiger partial charge in [0.05, 0.1) is 5.75 Å². The molecule has 0 rings (SSSR count). The van der Waals surface area contributed by atoms with Crippen LogP contribution in [0, 0.1) is 0 Å². The van der Waals surface area contributed by atoms with Crippen molar-refractivity contribution in [1.29, 1.82) is 0 Å². The molecule has 0 aromatic rings. The standard InChI is InChI=1S/C6H15N3O3S/c1-13(11,12)5-4-8-2-3-9-6(7)10/h8H,2-5H2,1H3,(H3,7,9,10). The number of sulfone groups is 1. The maximum atomic E-state index is 10.6. The van der Waals surface area contributed by atoms with Gasteiger partial charge >= 0.3 is 6.03 Å². The summed E-state index contributed by atoms with van der Waals surface area (Å²) in [5, 5.41) is 5.22. The number of carbonyl (C=O) groups excluding carboxylic acids is 1. The summed E-state index contributed by atoms with van der Waals surface area (Å²) in [6, 6.07) is -0.579. The summed E-state index contributed by atoms with van der Waals surface area (Å²) in [5.41, 5.74) is 4.80. The van der Waals surface area contributed by atoms with Gasteiger partial charge in [-0.25, -0.2) is 13.2 Å². The van der Waals surface area contributed by atoms with Crippen LogP contribution in [0.2, 0.25) is 0 Å². The Morgan fingerprint density at radius 1 is 1.31 bits per heavy atom. The second-order valence-corrected chi connectivity index (χ2v) is 4.93. The minimum atomic E-state index is -2.90. The van der Waals surface area contributed by atoms with Gasteiger partial charge in [-0.15, -0.1) is 0 Å². The van der Waals surface area contributed by atoms with Crippen molar-refractivity contribution in [2.75, 3.05) is 31.6 Å². The predicted octanol–water partition coefficient (Wildman–Crippen LogP) is -1.71. The summed E-state index contributed by atoms with van der Waals surface area (Å²) >= 11 is 0. The molecule has 0 radical (unpaired) electrons. The van der Waals surface area contributed by atoms with Crippen molar-refractivity contribution in [3.8, 4) is 0 Å². The number of amides is 2. The molecule has 0 aliphatic carbocycles. The third-order valence-electron chi connectivity index (χ3n) is 1.25. The number of hydrogen-bond acceptors (Lipinski definition) is 4. The smallest absolute Gasteiger partial charge is 0.312 e. The van der Waals surface area contributed by atoms with Crippen molar-refractivity contribution in [2.45, 2.75) is 0 Å². The van der Waals surface area contributed by atoms with Crippen LogP contribution in [0.1, 0.15) is 0 Å². The van der Waals surface area contributed by atoms with Crippen LogP contribution in [0.4, 0.5) is 4.79 Å². The normalized spacial score (nSPS) is 11.2. The first-order valence-electron chi connectivity index (χ1n) is 3.83. The number of carbonyl (C=O) groups is 1. The van der Waals surface area contributed by atoms with Gasteiger partial charge in [0.15, 0.2) is 0 Å². The molecule has 13 heavy (non-hydrogen) atoms. The lowest BCUT2D eigenvalue weighted by atomic mass is 10.6. The molecule has 6 nitrogen and oxygen atoms in total. The molecule has 2 amide bonds. The zero-order valence-corrected chi connectivity index (χ0v) is 8.36. The van der Waals surface area contributed by atoms with Gasteiger partial charge in [0.1, 0.15) is 9.84 Å². The minimum absolute atomic E-state index is 0.101. The first-order chi connectivity index (χ1) is 5.92. The van der Waals surface area contributed by atoms with Crippen molar-refractivity contribution in [2.24, 2.45) is 5.73 Å². The van der Waals surface area contributed by atoms with Gasteiger partial charge in [-0.2, -0.15) is 0 Å². The zero-order valence-electron chi connectivity index (χ0n) is 7.54. The Labute approximate surface area is 77.8 Å². The Bertz CT molecular complexity index is 250. The molecule has 0 heterocycles. The maximum absolute atomic E-state index is 10.6. The molecule has 0 aliphatic heterocycles. The van der Waals surface area contributed by atoms with Crippen LogP contribution in [-0.4, -0.2) is 46.1 Å². The quantitative estimate of drug-likeness (QED) is 0.453. The van der Waals surface area contributed by atoms with Gasteiger partial charge in [-0.1, -0.05) is 0 Å². The largest absolute Gasteiger partial charge is 0.352 e. The fourth-order valence-corrected chi connectivity index (χ4v) is 1.17. The molecule has 0 spiro atoms. The first-order valence-corrected chi connectivity index (χ1v) is 5.89. The summed E-state index contributed by atoms with van der Waals surface area (Å²) in [4.78, 5) is 10.2. The molecule has 0 aliphatic rings. The van der Waals surface area contributed by atoms with E-state index < -0.39 is 15.9 Å². The molecule has 0 aromatic carbocycles. The number of primary amides is 1. The fraction of sp³-hybridized carbons (Fsp3) is 0.833. The number of urea groups is 1. The van der Waals surface area contributed by atoms with E-state index in [4.69, 9.17) is 5.73 Å². The summed E-state index contributed by atoms with van der Waals surface area (Å²) in [7, 11) is -2.90. The molecule has 7 heteroatoms. The molecule has 4 N–H and O–H groups in total. The van der Waals surface area contributed by atoms with Gasteiger partial charge < -0.3 is 16.4 Å². The number of nitrogens with two attached hydrogens (primary N) is 1. The average molecular weight is 209 g/mol. The van der Waals surface area contributed by atoms with Crippen LogP contribution < -0.4 is 16.4 Å². The average Bonchev–Trinajstić information content (AvgIpc) is 1.93. The Hall–Kier alpha value is -0.820. The predicted molar refractivity (Wildman–Crippen MR) is 50.2 cm³/mol. The molecule has 0 saturated heterocycles. The molecular formula is C6H15N3O3S. The van der Waals surface area contributed by atoms with Crippen molar-refractivity contribution >= 4 is 15.9 Å². The lowest BCUT2D eigenvalue weighted by Crippen LogP contribution is -2.36. The maximum Gasteiger partial charge on any atom is 0.312 e. The van der Waals surface area contributed by atoms with Crippen molar-refractivity contribution < 1.29 is 13.2 Å². The van der Waals surface area contributed by atoms with Gasteiger partial charge in [-0.3, -0.25) is 0 Å². The molecule has 0 unspecified atom stereocenters. The van der Waals surface area contributed by atoms with Crippen LogP contribution in [0.25, 0.3) is 0 Å². The molecule has 78 valence electrons. The van der Waals surface area contributed by atoms with E-state index in [1.165, 1.54) is 6.26 Å². The zero-order chi connectivity index (χ0) is 10.3. The molecule has 0 atom stereocenters. The third kappa shape index (κ3) is 11.2. The fourth-order valence-electron chi connectivity index (χ4n) is 0.657. The summed E-state index contributed by atoms with van der Waals surface area (Å²) in [5.74, 6) is 0.101. The topological polar surface area (TPSA) is 101 Å². The summed E-state index contributed by atoms with van der Waals surface area (Å²) in [6.07, 6.45) is 1.18.